The molecule has 0 bridgehead atoms. The molecule has 0 unspecified atom stereocenters. The average molecular weight is 210 g/mol. The third kappa shape index (κ3) is 2.90. The molecule has 72 valence electrons. The van der Waals surface area contributed by atoms with E-state index < -0.39 is 11.7 Å². The lowest BCUT2D eigenvalue weighted by atomic mass is 10.1. The molecule has 0 saturated heterocycles. The van der Waals surface area contributed by atoms with Gasteiger partial charge in [0.15, 0.2) is 0 Å². The standard InChI is InChI=1S/C8H7ClF3N/c9-13-5-6-1-3-7(4-2-6)8(10,11)12/h1-4,13H,5H2. The summed E-state index contributed by atoms with van der Waals surface area (Å²) < 4.78 is 36.2. The number of nitrogens with one attached hydrogen (secondary N) is 1. The molecule has 0 saturated carbocycles. The van der Waals surface area contributed by atoms with Crippen LogP contribution in [0.4, 0.5) is 13.2 Å². The maximum Gasteiger partial charge on any atom is 0.416 e. The van der Waals surface area contributed by atoms with Crippen molar-refractivity contribution in [2.24, 2.45) is 0 Å². The van der Waals surface area contributed by atoms with Crippen LogP contribution in [0.15, 0.2) is 24.3 Å². The second-order valence-corrected chi connectivity index (χ2v) is 2.77. The van der Waals surface area contributed by atoms with E-state index in [0.29, 0.717) is 12.1 Å². The minimum Gasteiger partial charge on any atom is -0.229 e. The Kier molecular flexibility index (Phi) is 3.17. The highest BCUT2D eigenvalue weighted by molar-refractivity contribution is 6.13. The number of alkyl halides is 3. The van der Waals surface area contributed by atoms with Gasteiger partial charge in [0.1, 0.15) is 0 Å². The molecule has 0 aliphatic heterocycles. The van der Waals surface area contributed by atoms with E-state index in [4.69, 9.17) is 11.8 Å². The van der Waals surface area contributed by atoms with Crippen molar-refractivity contribution in [3.63, 3.8) is 0 Å². The van der Waals surface area contributed by atoms with E-state index in [0.717, 1.165) is 12.1 Å². The first kappa shape index (κ1) is 10.3. The molecule has 13 heavy (non-hydrogen) atoms. The number of hydrogen-bond donors (Lipinski definition) is 1. The van der Waals surface area contributed by atoms with Crippen LogP contribution < -0.4 is 4.84 Å². The molecule has 1 N–H and O–H groups in total. The molecule has 0 fully saturated rings. The van der Waals surface area contributed by atoms with Gasteiger partial charge in [-0.2, -0.15) is 13.2 Å². The van der Waals surface area contributed by atoms with Crippen molar-refractivity contribution >= 4 is 11.8 Å². The lowest BCUT2D eigenvalue weighted by Crippen LogP contribution is -2.05. The number of benzene rings is 1. The van der Waals surface area contributed by atoms with Gasteiger partial charge in [0.05, 0.1) is 5.56 Å². The Hall–Kier alpha value is -0.740. The van der Waals surface area contributed by atoms with Crippen molar-refractivity contribution in [2.75, 3.05) is 0 Å². The Morgan fingerprint density at radius 2 is 1.69 bits per heavy atom. The summed E-state index contributed by atoms with van der Waals surface area (Å²) in [6.07, 6.45) is -4.27. The minimum atomic E-state index is -4.27. The smallest absolute Gasteiger partial charge is 0.229 e. The Labute approximate surface area is 78.6 Å². The molecule has 0 aliphatic rings. The fourth-order valence-electron chi connectivity index (χ4n) is 0.889. The molecule has 1 aromatic rings. The summed E-state index contributed by atoms with van der Waals surface area (Å²) in [6, 6.07) is 4.84. The van der Waals surface area contributed by atoms with Crippen LogP contribution in [0, 0.1) is 0 Å². The van der Waals surface area contributed by atoms with E-state index in [1.54, 1.807) is 0 Å². The van der Waals surface area contributed by atoms with E-state index in [9.17, 15) is 13.2 Å². The molecular weight excluding hydrogens is 203 g/mol. The van der Waals surface area contributed by atoms with Crippen LogP contribution in [0.1, 0.15) is 11.1 Å². The predicted molar refractivity (Wildman–Crippen MR) is 44.1 cm³/mol. The highest BCUT2D eigenvalue weighted by Gasteiger charge is 2.29. The molecular formula is C8H7ClF3N. The van der Waals surface area contributed by atoms with E-state index in [-0.39, 0.29) is 0 Å². The fraction of sp³-hybridized carbons (Fsp3) is 0.250. The van der Waals surface area contributed by atoms with Gasteiger partial charge in [-0.1, -0.05) is 12.1 Å². The van der Waals surface area contributed by atoms with Crippen LogP contribution in [-0.4, -0.2) is 0 Å². The van der Waals surface area contributed by atoms with Gasteiger partial charge >= 0.3 is 6.18 Å². The van der Waals surface area contributed by atoms with Crippen LogP contribution in [0.25, 0.3) is 0 Å². The van der Waals surface area contributed by atoms with Gasteiger partial charge < -0.3 is 0 Å². The molecule has 0 heterocycles. The van der Waals surface area contributed by atoms with Crippen molar-refractivity contribution < 1.29 is 13.2 Å². The Balaban J connectivity index is 2.81. The van der Waals surface area contributed by atoms with E-state index in [1.165, 1.54) is 12.1 Å². The number of hydrogen-bond acceptors (Lipinski definition) is 1. The summed E-state index contributed by atoms with van der Waals surface area (Å²) in [4.78, 5) is 2.33. The Morgan fingerprint density at radius 3 is 2.08 bits per heavy atom. The second-order valence-electron chi connectivity index (χ2n) is 2.51. The van der Waals surface area contributed by atoms with Crippen molar-refractivity contribution in [1.29, 1.82) is 0 Å². The second kappa shape index (κ2) is 3.98. The highest BCUT2D eigenvalue weighted by Crippen LogP contribution is 2.28. The van der Waals surface area contributed by atoms with Gasteiger partial charge in [-0.3, -0.25) is 0 Å². The maximum absolute atomic E-state index is 12.1. The van der Waals surface area contributed by atoms with Crippen LogP contribution in [0.3, 0.4) is 0 Å². The third-order valence-electron chi connectivity index (χ3n) is 1.55. The van der Waals surface area contributed by atoms with Crippen molar-refractivity contribution in [3.05, 3.63) is 35.4 Å². The molecule has 0 aromatic heterocycles. The van der Waals surface area contributed by atoms with Crippen LogP contribution in [0.5, 0.6) is 0 Å². The molecule has 0 aliphatic carbocycles. The average Bonchev–Trinajstić information content (AvgIpc) is 2.04. The van der Waals surface area contributed by atoms with Gasteiger partial charge in [-0.15, -0.1) is 0 Å². The SMILES string of the molecule is FC(F)(F)c1ccc(CNCl)cc1. The van der Waals surface area contributed by atoms with Crippen molar-refractivity contribution in [3.8, 4) is 0 Å². The van der Waals surface area contributed by atoms with E-state index in [1.807, 2.05) is 0 Å². The quantitative estimate of drug-likeness (QED) is 0.739. The zero-order valence-corrected chi connectivity index (χ0v) is 7.28. The first-order chi connectivity index (χ1) is 6.04. The summed E-state index contributed by atoms with van der Waals surface area (Å²) in [5, 5.41) is 0. The number of rotatable bonds is 2. The topological polar surface area (TPSA) is 12.0 Å². The van der Waals surface area contributed by atoms with Crippen LogP contribution in [-0.2, 0) is 12.7 Å². The monoisotopic (exact) mass is 209 g/mol. The van der Waals surface area contributed by atoms with Crippen molar-refractivity contribution in [2.45, 2.75) is 12.7 Å². The lowest BCUT2D eigenvalue weighted by molar-refractivity contribution is -0.137. The van der Waals surface area contributed by atoms with Crippen LogP contribution >= 0.6 is 11.8 Å². The summed E-state index contributed by atoms with van der Waals surface area (Å²) >= 11 is 5.19. The zero-order chi connectivity index (χ0) is 9.90. The highest BCUT2D eigenvalue weighted by atomic mass is 35.5. The Morgan fingerprint density at radius 1 is 1.15 bits per heavy atom. The van der Waals surface area contributed by atoms with Gasteiger partial charge in [0.25, 0.3) is 0 Å². The summed E-state index contributed by atoms with van der Waals surface area (Å²) in [5.41, 5.74) is 0.0637. The third-order valence-corrected chi connectivity index (χ3v) is 1.69. The molecule has 5 heteroatoms. The fourth-order valence-corrected chi connectivity index (χ4v) is 1.04. The predicted octanol–water partition coefficient (Wildman–Crippen LogP) is 2.95. The summed E-state index contributed by atoms with van der Waals surface area (Å²) in [5.74, 6) is 0. The molecule has 1 nitrogen and oxygen atoms in total. The first-order valence-corrected chi connectivity index (χ1v) is 3.91. The van der Waals surface area contributed by atoms with Gasteiger partial charge in [-0.05, 0) is 29.5 Å². The normalized spacial score (nSPS) is 11.7. The van der Waals surface area contributed by atoms with Crippen molar-refractivity contribution in [1.82, 2.24) is 4.84 Å². The maximum atomic E-state index is 12.1. The largest absolute Gasteiger partial charge is 0.416 e. The summed E-state index contributed by atoms with van der Waals surface area (Å²) in [7, 11) is 0. The van der Waals surface area contributed by atoms with Gasteiger partial charge in [0.2, 0.25) is 0 Å². The lowest BCUT2D eigenvalue weighted by Gasteiger charge is -2.06. The molecule has 1 aromatic carbocycles. The van der Waals surface area contributed by atoms with Crippen LogP contribution in [0.2, 0.25) is 0 Å². The zero-order valence-electron chi connectivity index (χ0n) is 6.53. The molecule has 0 atom stereocenters. The minimum absolute atomic E-state index is 0.347. The molecule has 0 radical (unpaired) electrons. The van der Waals surface area contributed by atoms with Gasteiger partial charge in [-0.25, -0.2) is 4.84 Å². The molecule has 1 rings (SSSR count). The molecule has 0 spiro atoms. The molecule has 0 amide bonds. The summed E-state index contributed by atoms with van der Waals surface area (Å²) in [6.45, 7) is 0.347. The number of halogens is 4. The van der Waals surface area contributed by atoms with Gasteiger partial charge in [0, 0.05) is 6.54 Å². The van der Waals surface area contributed by atoms with E-state index in [2.05, 4.69) is 4.84 Å². The van der Waals surface area contributed by atoms with E-state index >= 15 is 0 Å². The first-order valence-electron chi connectivity index (χ1n) is 3.53. The Bertz CT molecular complexity index is 268.